The van der Waals surface area contributed by atoms with Crippen LogP contribution in [0.4, 0.5) is 0 Å². The Kier molecular flexibility index (Phi) is 3.69. The maximum absolute atomic E-state index is 3.54. The van der Waals surface area contributed by atoms with Crippen molar-refractivity contribution in [2.24, 2.45) is 0 Å². The number of rotatable bonds is 2. The molecule has 0 unspecified atom stereocenters. The molecule has 1 heteroatoms. The molecule has 0 aliphatic heterocycles. The first-order chi connectivity index (χ1) is 10.1. The summed E-state index contributed by atoms with van der Waals surface area (Å²) in [6.45, 7) is 6.74. The molecule has 0 nitrogen and oxygen atoms in total. The normalized spacial score (nSPS) is 11.6. The highest BCUT2D eigenvalue weighted by Gasteiger charge is 2.20. The fraction of sp³-hybridized carbons (Fsp3) is 0.200. The molecule has 0 saturated heterocycles. The molecule has 1 radical (unpaired) electrons. The highest BCUT2D eigenvalue weighted by Crippen LogP contribution is 2.37. The van der Waals surface area contributed by atoms with Crippen molar-refractivity contribution in [3.05, 3.63) is 71.6 Å². The van der Waals surface area contributed by atoms with E-state index in [0.29, 0.717) is 0 Å². The molecule has 0 N–H and O–H groups in total. The summed E-state index contributed by atoms with van der Waals surface area (Å²) < 4.78 is 0. The van der Waals surface area contributed by atoms with Crippen LogP contribution in [0.25, 0.3) is 21.6 Å². The van der Waals surface area contributed by atoms with E-state index in [-0.39, 0.29) is 5.41 Å². The maximum atomic E-state index is 3.54. The summed E-state index contributed by atoms with van der Waals surface area (Å²) in [5, 5.41) is 2.14. The molecule has 0 saturated carbocycles. The Bertz CT molecular complexity index is 716. The molecule has 0 amide bonds. The molecule has 21 heavy (non-hydrogen) atoms. The van der Waals surface area contributed by atoms with Gasteiger partial charge in [-0.2, -0.15) is 0 Å². The molecular weight excluding hydrogens is 272 g/mol. The van der Waals surface area contributed by atoms with Crippen LogP contribution in [-0.4, -0.2) is 0 Å². The van der Waals surface area contributed by atoms with E-state index in [1.54, 1.807) is 11.3 Å². The molecule has 2 aromatic carbocycles. The zero-order chi connectivity index (χ0) is 14.9. The van der Waals surface area contributed by atoms with Gasteiger partial charge in [-0.1, -0.05) is 57.2 Å². The monoisotopic (exact) mass is 291 g/mol. The first kappa shape index (κ1) is 14.1. The Morgan fingerprint density at radius 1 is 0.905 bits per heavy atom. The fourth-order valence-electron chi connectivity index (χ4n) is 2.54. The molecule has 105 valence electrons. The lowest BCUT2D eigenvalue weighted by molar-refractivity contribution is 0.591. The summed E-state index contributed by atoms with van der Waals surface area (Å²) in [6.07, 6.45) is 0. The minimum absolute atomic E-state index is 0.0918. The van der Waals surface area contributed by atoms with Crippen LogP contribution in [0, 0.1) is 6.07 Å². The predicted molar refractivity (Wildman–Crippen MR) is 92.7 cm³/mol. The second-order valence-electron chi connectivity index (χ2n) is 6.27. The van der Waals surface area contributed by atoms with Crippen LogP contribution >= 0.6 is 11.3 Å². The summed E-state index contributed by atoms with van der Waals surface area (Å²) in [5.74, 6) is 0. The Balaban J connectivity index is 2.18. The lowest BCUT2D eigenvalue weighted by Gasteiger charge is -2.23. The van der Waals surface area contributed by atoms with E-state index in [2.05, 4.69) is 86.8 Å². The molecule has 0 aliphatic carbocycles. The van der Waals surface area contributed by atoms with Gasteiger partial charge in [-0.15, -0.1) is 11.3 Å². The van der Waals surface area contributed by atoms with Crippen molar-refractivity contribution >= 4 is 11.3 Å². The van der Waals surface area contributed by atoms with E-state index in [0.717, 1.165) is 0 Å². The Morgan fingerprint density at radius 2 is 1.67 bits per heavy atom. The van der Waals surface area contributed by atoms with Crippen LogP contribution in [0.5, 0.6) is 0 Å². The summed E-state index contributed by atoms with van der Waals surface area (Å²) in [7, 11) is 0. The first-order valence-electron chi connectivity index (χ1n) is 7.21. The summed E-state index contributed by atoms with van der Waals surface area (Å²) in [6, 6.07) is 22.8. The molecule has 0 spiro atoms. The molecule has 0 bridgehead atoms. The smallest absolute Gasteiger partial charge is 0.0346 e. The summed E-state index contributed by atoms with van der Waals surface area (Å²) in [5.41, 5.74) is 5.15. The van der Waals surface area contributed by atoms with Crippen LogP contribution in [0.15, 0.2) is 60.0 Å². The van der Waals surface area contributed by atoms with Gasteiger partial charge in [0.1, 0.15) is 0 Å². The lowest BCUT2D eigenvalue weighted by atomic mass is 9.82. The third-order valence-electron chi connectivity index (χ3n) is 3.58. The molecule has 3 rings (SSSR count). The maximum Gasteiger partial charge on any atom is 0.0346 e. The van der Waals surface area contributed by atoms with Crippen LogP contribution in [0.3, 0.4) is 0 Å². The van der Waals surface area contributed by atoms with E-state index < -0.39 is 0 Å². The van der Waals surface area contributed by atoms with Crippen molar-refractivity contribution in [3.63, 3.8) is 0 Å². The number of thiophene rings is 1. The van der Waals surface area contributed by atoms with Crippen molar-refractivity contribution in [2.75, 3.05) is 0 Å². The van der Waals surface area contributed by atoms with E-state index >= 15 is 0 Å². The van der Waals surface area contributed by atoms with E-state index in [1.807, 2.05) is 0 Å². The molecule has 3 aromatic rings. The zero-order valence-electron chi connectivity index (χ0n) is 12.7. The SMILES string of the molecule is CC(C)(C)c1[c]cc(-c2ccccc2)cc1-c1cccs1. The quantitative estimate of drug-likeness (QED) is 0.529. The molecular formula is C20H19S. The molecule has 1 aromatic heterocycles. The van der Waals surface area contributed by atoms with Crippen molar-refractivity contribution in [3.8, 4) is 21.6 Å². The standard InChI is InChI=1S/C20H19S/c1-20(2,3)18-12-11-16(15-8-5-4-6-9-15)14-17(18)19-10-7-13-21-19/h4-11,13-14H,1-3H3. The highest BCUT2D eigenvalue weighted by molar-refractivity contribution is 7.13. The van der Waals surface area contributed by atoms with Gasteiger partial charge in [-0.3, -0.25) is 0 Å². The third-order valence-corrected chi connectivity index (χ3v) is 4.49. The first-order valence-corrected chi connectivity index (χ1v) is 8.09. The highest BCUT2D eigenvalue weighted by atomic mass is 32.1. The predicted octanol–water partition coefficient (Wildman–Crippen LogP) is 6.18. The van der Waals surface area contributed by atoms with Gasteiger partial charge in [0.05, 0.1) is 0 Å². The molecule has 0 aliphatic rings. The Labute approximate surface area is 131 Å². The number of hydrogen-bond donors (Lipinski definition) is 0. The van der Waals surface area contributed by atoms with Gasteiger partial charge >= 0.3 is 0 Å². The van der Waals surface area contributed by atoms with Crippen LogP contribution in [0.1, 0.15) is 26.3 Å². The van der Waals surface area contributed by atoms with Gasteiger partial charge in [-0.05, 0) is 57.3 Å². The van der Waals surface area contributed by atoms with Gasteiger partial charge in [0, 0.05) is 4.88 Å². The minimum Gasteiger partial charge on any atom is -0.144 e. The largest absolute Gasteiger partial charge is 0.144 e. The van der Waals surface area contributed by atoms with E-state index in [4.69, 9.17) is 0 Å². The number of hydrogen-bond acceptors (Lipinski definition) is 1. The molecule has 1 heterocycles. The van der Waals surface area contributed by atoms with Gasteiger partial charge in [0.2, 0.25) is 0 Å². The van der Waals surface area contributed by atoms with Crippen LogP contribution in [-0.2, 0) is 5.41 Å². The van der Waals surface area contributed by atoms with Gasteiger partial charge in [0.15, 0.2) is 0 Å². The average Bonchev–Trinajstić information content (AvgIpc) is 3.01. The molecule has 0 atom stereocenters. The van der Waals surface area contributed by atoms with Gasteiger partial charge < -0.3 is 0 Å². The zero-order valence-corrected chi connectivity index (χ0v) is 13.5. The molecule has 0 fully saturated rings. The Hall–Kier alpha value is -1.86. The fourth-order valence-corrected chi connectivity index (χ4v) is 3.29. The Morgan fingerprint density at radius 3 is 2.29 bits per heavy atom. The summed E-state index contributed by atoms with van der Waals surface area (Å²) >= 11 is 1.79. The van der Waals surface area contributed by atoms with Crippen molar-refractivity contribution in [1.82, 2.24) is 0 Å². The lowest BCUT2D eigenvalue weighted by Crippen LogP contribution is -2.12. The second-order valence-corrected chi connectivity index (χ2v) is 7.22. The van der Waals surface area contributed by atoms with E-state index in [1.165, 1.54) is 27.1 Å². The van der Waals surface area contributed by atoms with Crippen LogP contribution < -0.4 is 0 Å². The summed E-state index contributed by atoms with van der Waals surface area (Å²) in [4.78, 5) is 1.31. The van der Waals surface area contributed by atoms with Crippen molar-refractivity contribution in [1.29, 1.82) is 0 Å². The van der Waals surface area contributed by atoms with Crippen LogP contribution in [0.2, 0.25) is 0 Å². The van der Waals surface area contributed by atoms with Crippen molar-refractivity contribution < 1.29 is 0 Å². The van der Waals surface area contributed by atoms with Gasteiger partial charge in [-0.25, -0.2) is 0 Å². The minimum atomic E-state index is 0.0918. The second kappa shape index (κ2) is 5.50. The third kappa shape index (κ3) is 2.93. The number of benzene rings is 2. The van der Waals surface area contributed by atoms with E-state index in [9.17, 15) is 0 Å². The van der Waals surface area contributed by atoms with Gasteiger partial charge in [0.25, 0.3) is 0 Å². The average molecular weight is 291 g/mol. The topological polar surface area (TPSA) is 0 Å². The van der Waals surface area contributed by atoms with Crippen molar-refractivity contribution in [2.45, 2.75) is 26.2 Å².